The van der Waals surface area contributed by atoms with Crippen LogP contribution in [0.25, 0.3) is 0 Å². The highest BCUT2D eigenvalue weighted by Gasteiger charge is 2.30. The molecular formula is C23H21F3N2O3. The molecule has 2 aromatic rings. The van der Waals surface area contributed by atoms with Crippen LogP contribution in [0.5, 0.6) is 0 Å². The minimum atomic E-state index is -4.42. The van der Waals surface area contributed by atoms with Gasteiger partial charge in [0.05, 0.1) is 18.0 Å². The average molecular weight is 430 g/mol. The van der Waals surface area contributed by atoms with E-state index in [1.165, 1.54) is 12.1 Å². The van der Waals surface area contributed by atoms with Crippen molar-refractivity contribution in [3.63, 3.8) is 0 Å². The van der Waals surface area contributed by atoms with Gasteiger partial charge in [-0.1, -0.05) is 17.9 Å². The molecule has 8 heteroatoms. The zero-order valence-corrected chi connectivity index (χ0v) is 16.6. The molecule has 5 nitrogen and oxygen atoms in total. The smallest absolute Gasteiger partial charge is 0.416 e. The Kier molecular flexibility index (Phi) is 6.98. The lowest BCUT2D eigenvalue weighted by Gasteiger charge is -2.29. The number of nitrogens with zero attached hydrogens (tertiary/aromatic N) is 1. The van der Waals surface area contributed by atoms with Gasteiger partial charge in [0.2, 0.25) is 5.91 Å². The topological polar surface area (TPSA) is 69.6 Å². The first-order valence-corrected chi connectivity index (χ1v) is 9.75. The van der Waals surface area contributed by atoms with E-state index in [0.717, 1.165) is 18.6 Å². The predicted octanol–water partition coefficient (Wildman–Crippen LogP) is 3.84. The van der Waals surface area contributed by atoms with Gasteiger partial charge in [-0.05, 0) is 61.9 Å². The maximum Gasteiger partial charge on any atom is 0.416 e. The number of benzene rings is 2. The molecule has 1 aliphatic heterocycles. The molecule has 31 heavy (non-hydrogen) atoms. The van der Waals surface area contributed by atoms with Crippen molar-refractivity contribution in [1.29, 1.82) is 0 Å². The Hall–Kier alpha value is -3.31. The molecule has 1 aliphatic rings. The van der Waals surface area contributed by atoms with Crippen molar-refractivity contribution in [2.75, 3.05) is 25.0 Å². The van der Waals surface area contributed by atoms with Crippen molar-refractivity contribution >= 4 is 17.6 Å². The Bertz CT molecular complexity index is 1010. The minimum Gasteiger partial charge on any atom is -0.481 e. The summed E-state index contributed by atoms with van der Waals surface area (Å²) in [5.74, 6) is 3.99. The Morgan fingerprint density at radius 2 is 1.81 bits per heavy atom. The van der Waals surface area contributed by atoms with E-state index >= 15 is 0 Å². The van der Waals surface area contributed by atoms with Crippen LogP contribution >= 0.6 is 0 Å². The molecule has 1 amide bonds. The van der Waals surface area contributed by atoms with E-state index in [0.29, 0.717) is 30.8 Å². The van der Waals surface area contributed by atoms with E-state index in [1.807, 2.05) is 4.90 Å². The summed E-state index contributed by atoms with van der Waals surface area (Å²) >= 11 is 0. The lowest BCUT2D eigenvalue weighted by atomic mass is 9.98. The van der Waals surface area contributed by atoms with Crippen LogP contribution in [0, 0.1) is 17.8 Å². The molecule has 0 radical (unpaired) electrons. The zero-order chi connectivity index (χ0) is 22.4. The standard InChI is InChI=1S/C23H21F3N2O3/c24-23(25,26)19-5-1-3-17(13-19)7-6-16-8-10-20(11-9-16)27-21(29)15-28-12-2-4-18(14-28)22(30)31/h1,3,5,8-11,13,18H,2,4,12,14-15H2,(H,27,29)(H,30,31). The van der Waals surface area contributed by atoms with Gasteiger partial charge in [0, 0.05) is 23.4 Å². The van der Waals surface area contributed by atoms with E-state index in [1.54, 1.807) is 24.3 Å². The summed E-state index contributed by atoms with van der Waals surface area (Å²) in [5.41, 5.74) is 0.659. The van der Waals surface area contributed by atoms with E-state index in [-0.39, 0.29) is 18.0 Å². The fourth-order valence-corrected chi connectivity index (χ4v) is 3.36. The monoisotopic (exact) mass is 430 g/mol. The first-order valence-electron chi connectivity index (χ1n) is 9.75. The molecule has 1 fully saturated rings. The number of likely N-dealkylation sites (tertiary alicyclic amines) is 1. The molecule has 0 aromatic heterocycles. The molecule has 2 aromatic carbocycles. The van der Waals surface area contributed by atoms with Gasteiger partial charge in [0.25, 0.3) is 0 Å². The number of piperidine rings is 1. The maximum absolute atomic E-state index is 12.8. The van der Waals surface area contributed by atoms with Gasteiger partial charge >= 0.3 is 12.1 Å². The number of hydrogen-bond acceptors (Lipinski definition) is 3. The molecule has 162 valence electrons. The second-order valence-electron chi connectivity index (χ2n) is 7.37. The number of carbonyl (C=O) groups excluding carboxylic acids is 1. The summed E-state index contributed by atoms with van der Waals surface area (Å²) in [4.78, 5) is 25.2. The Balaban J connectivity index is 1.57. The van der Waals surface area contributed by atoms with Gasteiger partial charge in [-0.15, -0.1) is 0 Å². The van der Waals surface area contributed by atoms with Gasteiger partial charge in [0.1, 0.15) is 0 Å². The number of alkyl halides is 3. The van der Waals surface area contributed by atoms with Crippen LogP contribution in [0.4, 0.5) is 18.9 Å². The van der Waals surface area contributed by atoms with Crippen molar-refractivity contribution in [2.24, 2.45) is 5.92 Å². The molecule has 1 atom stereocenters. The zero-order valence-electron chi connectivity index (χ0n) is 16.6. The number of nitrogens with one attached hydrogen (secondary N) is 1. The van der Waals surface area contributed by atoms with Crippen LogP contribution in [0.1, 0.15) is 29.5 Å². The first kappa shape index (κ1) is 22.4. The molecule has 3 rings (SSSR count). The molecule has 1 saturated heterocycles. The van der Waals surface area contributed by atoms with Crippen molar-refractivity contribution in [3.05, 3.63) is 65.2 Å². The quantitative estimate of drug-likeness (QED) is 0.724. The van der Waals surface area contributed by atoms with Gasteiger partial charge in [-0.3, -0.25) is 14.5 Å². The average Bonchev–Trinajstić information content (AvgIpc) is 2.73. The van der Waals surface area contributed by atoms with Gasteiger partial charge < -0.3 is 10.4 Å². The van der Waals surface area contributed by atoms with Crippen molar-refractivity contribution < 1.29 is 27.9 Å². The predicted molar refractivity (Wildman–Crippen MR) is 109 cm³/mol. The number of carboxylic acid groups (broad SMARTS) is 1. The fraction of sp³-hybridized carbons (Fsp3) is 0.304. The minimum absolute atomic E-state index is 0.112. The summed E-state index contributed by atoms with van der Waals surface area (Å²) in [6.07, 6.45) is -3.06. The molecule has 1 heterocycles. The van der Waals surface area contributed by atoms with Crippen LogP contribution in [0.2, 0.25) is 0 Å². The van der Waals surface area contributed by atoms with Crippen LogP contribution in [-0.2, 0) is 15.8 Å². The van der Waals surface area contributed by atoms with Crippen LogP contribution in [-0.4, -0.2) is 41.5 Å². The van der Waals surface area contributed by atoms with Crippen LogP contribution in [0.3, 0.4) is 0 Å². The summed E-state index contributed by atoms with van der Waals surface area (Å²) in [6, 6.07) is 11.5. The Morgan fingerprint density at radius 1 is 1.10 bits per heavy atom. The maximum atomic E-state index is 12.8. The lowest BCUT2D eigenvalue weighted by molar-refractivity contribution is -0.144. The second-order valence-corrected chi connectivity index (χ2v) is 7.37. The normalized spacial score (nSPS) is 16.8. The third-order valence-corrected chi connectivity index (χ3v) is 4.93. The van der Waals surface area contributed by atoms with Gasteiger partial charge in [-0.25, -0.2) is 0 Å². The summed E-state index contributed by atoms with van der Waals surface area (Å²) in [5, 5.41) is 11.9. The lowest BCUT2D eigenvalue weighted by Crippen LogP contribution is -2.42. The number of rotatable bonds is 4. The highest BCUT2D eigenvalue weighted by atomic mass is 19.4. The Morgan fingerprint density at radius 3 is 2.48 bits per heavy atom. The summed E-state index contributed by atoms with van der Waals surface area (Å²) < 4.78 is 38.3. The largest absolute Gasteiger partial charge is 0.481 e. The van der Waals surface area contributed by atoms with Crippen molar-refractivity contribution in [3.8, 4) is 11.8 Å². The molecule has 2 N–H and O–H groups in total. The molecule has 0 bridgehead atoms. The fourth-order valence-electron chi connectivity index (χ4n) is 3.36. The van der Waals surface area contributed by atoms with Crippen molar-refractivity contribution in [2.45, 2.75) is 19.0 Å². The number of anilines is 1. The number of halogens is 3. The number of aliphatic carboxylic acids is 1. The van der Waals surface area contributed by atoms with Gasteiger partial charge in [-0.2, -0.15) is 13.2 Å². The highest BCUT2D eigenvalue weighted by molar-refractivity contribution is 5.92. The van der Waals surface area contributed by atoms with Crippen LogP contribution in [0.15, 0.2) is 48.5 Å². The SMILES string of the molecule is O=C(CN1CCCC(C(=O)O)C1)Nc1ccc(C#Cc2cccc(C(F)(F)F)c2)cc1. The Labute approximate surface area is 177 Å². The van der Waals surface area contributed by atoms with E-state index in [2.05, 4.69) is 17.2 Å². The van der Waals surface area contributed by atoms with E-state index < -0.39 is 23.6 Å². The molecule has 0 aliphatic carbocycles. The third-order valence-electron chi connectivity index (χ3n) is 4.93. The first-order chi connectivity index (χ1) is 14.7. The molecule has 0 spiro atoms. The van der Waals surface area contributed by atoms with E-state index in [9.17, 15) is 22.8 Å². The molecule has 0 saturated carbocycles. The molecule has 1 unspecified atom stereocenters. The summed E-state index contributed by atoms with van der Waals surface area (Å²) in [7, 11) is 0. The number of hydrogen-bond donors (Lipinski definition) is 2. The molecular weight excluding hydrogens is 409 g/mol. The van der Waals surface area contributed by atoms with Crippen molar-refractivity contribution in [1.82, 2.24) is 4.90 Å². The number of carbonyl (C=O) groups is 2. The van der Waals surface area contributed by atoms with Crippen LogP contribution < -0.4 is 5.32 Å². The van der Waals surface area contributed by atoms with Gasteiger partial charge in [0.15, 0.2) is 0 Å². The third kappa shape index (κ3) is 6.59. The highest BCUT2D eigenvalue weighted by Crippen LogP contribution is 2.29. The number of carboxylic acids is 1. The summed E-state index contributed by atoms with van der Waals surface area (Å²) in [6.45, 7) is 1.15. The van der Waals surface area contributed by atoms with E-state index in [4.69, 9.17) is 5.11 Å². The second kappa shape index (κ2) is 9.67. The number of amides is 1.